The molecule has 20 heavy (non-hydrogen) atoms. The van der Waals surface area contributed by atoms with E-state index in [1.54, 1.807) is 4.90 Å². The van der Waals surface area contributed by atoms with Gasteiger partial charge in [-0.2, -0.15) is 0 Å². The van der Waals surface area contributed by atoms with E-state index < -0.39 is 18.9 Å². The van der Waals surface area contributed by atoms with Gasteiger partial charge in [-0.3, -0.25) is 9.59 Å². The first-order chi connectivity index (χ1) is 9.42. The molecule has 7 heteroatoms. The second-order valence-electron chi connectivity index (χ2n) is 5.24. The summed E-state index contributed by atoms with van der Waals surface area (Å²) >= 11 is 0. The summed E-state index contributed by atoms with van der Waals surface area (Å²) in [6.07, 6.45) is -0.859. The number of carboxylic acid groups (broad SMARTS) is 1. The van der Waals surface area contributed by atoms with Crippen LogP contribution in [0.1, 0.15) is 32.6 Å². The Morgan fingerprint density at radius 3 is 2.65 bits per heavy atom. The fourth-order valence-corrected chi connectivity index (χ4v) is 2.58. The van der Waals surface area contributed by atoms with E-state index in [2.05, 4.69) is 5.32 Å². The van der Waals surface area contributed by atoms with E-state index in [0.29, 0.717) is 32.4 Å². The average molecular weight is 292 g/mol. The first-order valence-electron chi connectivity index (χ1n) is 6.93. The van der Waals surface area contributed by atoms with E-state index in [4.69, 9.17) is 5.11 Å². The van der Waals surface area contributed by atoms with Crippen LogP contribution in [-0.2, 0) is 9.59 Å². The van der Waals surface area contributed by atoms with Crippen LogP contribution in [0.2, 0.25) is 0 Å². The maximum Gasteiger partial charge on any atom is 0.303 e. The maximum atomic E-state index is 12.2. The van der Waals surface area contributed by atoms with Gasteiger partial charge >= 0.3 is 5.97 Å². The summed E-state index contributed by atoms with van der Waals surface area (Å²) in [5, 5.41) is 11.6. The van der Waals surface area contributed by atoms with Gasteiger partial charge in [-0.1, -0.05) is 6.92 Å². The van der Waals surface area contributed by atoms with Crippen LogP contribution in [0.15, 0.2) is 0 Å². The zero-order valence-corrected chi connectivity index (χ0v) is 11.6. The molecular weight excluding hydrogens is 270 g/mol. The van der Waals surface area contributed by atoms with Gasteiger partial charge in [0.05, 0.1) is 6.54 Å². The van der Waals surface area contributed by atoms with Crippen LogP contribution in [0.3, 0.4) is 0 Å². The zero-order chi connectivity index (χ0) is 15.1. The van der Waals surface area contributed by atoms with Gasteiger partial charge in [-0.15, -0.1) is 0 Å². The Hall–Kier alpha value is -1.24. The highest BCUT2D eigenvalue weighted by Gasteiger charge is 2.30. The van der Waals surface area contributed by atoms with E-state index in [0.717, 1.165) is 0 Å². The normalized spacial score (nSPS) is 23.1. The Morgan fingerprint density at radius 1 is 1.40 bits per heavy atom. The molecule has 0 aromatic heterocycles. The minimum Gasteiger partial charge on any atom is -0.481 e. The number of nitrogens with one attached hydrogen (secondary N) is 1. The molecule has 1 amide bonds. The molecule has 0 aromatic carbocycles. The van der Waals surface area contributed by atoms with Gasteiger partial charge in [0.15, 0.2) is 0 Å². The smallest absolute Gasteiger partial charge is 0.303 e. The molecule has 0 aliphatic carbocycles. The van der Waals surface area contributed by atoms with Crippen LogP contribution in [0.5, 0.6) is 0 Å². The Labute approximate surface area is 117 Å². The fourth-order valence-electron chi connectivity index (χ4n) is 2.58. The number of halogens is 2. The molecule has 0 radical (unpaired) electrons. The summed E-state index contributed by atoms with van der Waals surface area (Å²) < 4.78 is 24.5. The number of aliphatic carboxylic acids is 1. The largest absolute Gasteiger partial charge is 0.481 e. The van der Waals surface area contributed by atoms with Crippen molar-refractivity contribution in [3.05, 3.63) is 0 Å². The molecule has 1 saturated heterocycles. The Morgan fingerprint density at radius 2 is 2.10 bits per heavy atom. The highest BCUT2D eigenvalue weighted by atomic mass is 19.3. The predicted molar refractivity (Wildman–Crippen MR) is 69.6 cm³/mol. The summed E-state index contributed by atoms with van der Waals surface area (Å²) in [5.41, 5.74) is 0. The Balaban J connectivity index is 2.61. The molecule has 1 rings (SSSR count). The molecule has 1 fully saturated rings. The number of hydrogen-bond donors (Lipinski definition) is 2. The fraction of sp³-hybridized carbons (Fsp3) is 0.846. The molecule has 116 valence electrons. The summed E-state index contributed by atoms with van der Waals surface area (Å²) in [7, 11) is 0. The third-order valence-electron chi connectivity index (χ3n) is 3.38. The van der Waals surface area contributed by atoms with E-state index in [1.165, 1.54) is 0 Å². The van der Waals surface area contributed by atoms with Crippen molar-refractivity contribution >= 4 is 11.9 Å². The second-order valence-corrected chi connectivity index (χ2v) is 5.24. The number of alkyl halides is 2. The summed E-state index contributed by atoms with van der Waals surface area (Å²) in [4.78, 5) is 24.3. The number of carbonyl (C=O) groups excluding carboxylic acids is 1. The average Bonchev–Trinajstić information content (AvgIpc) is 2.35. The molecule has 0 bridgehead atoms. The number of carboxylic acids is 1. The summed E-state index contributed by atoms with van der Waals surface area (Å²) in [6.45, 7) is 2.24. The minimum atomic E-state index is -2.45. The third-order valence-corrected chi connectivity index (χ3v) is 3.38. The second kappa shape index (κ2) is 8.14. The van der Waals surface area contributed by atoms with Crippen LogP contribution >= 0.6 is 0 Å². The molecule has 5 nitrogen and oxygen atoms in total. The molecule has 2 unspecified atom stereocenters. The van der Waals surface area contributed by atoms with Crippen molar-refractivity contribution < 1.29 is 23.5 Å². The maximum absolute atomic E-state index is 12.2. The lowest BCUT2D eigenvalue weighted by Gasteiger charge is -2.38. The van der Waals surface area contributed by atoms with Crippen LogP contribution in [0.4, 0.5) is 8.78 Å². The van der Waals surface area contributed by atoms with Gasteiger partial charge in [0.2, 0.25) is 5.91 Å². The number of carbonyl (C=O) groups is 2. The number of hydrogen-bond acceptors (Lipinski definition) is 3. The van der Waals surface area contributed by atoms with Gasteiger partial charge in [-0.25, -0.2) is 8.78 Å². The Bertz CT molecular complexity index is 340. The monoisotopic (exact) mass is 292 g/mol. The van der Waals surface area contributed by atoms with E-state index in [1.807, 2.05) is 6.92 Å². The zero-order valence-electron chi connectivity index (χ0n) is 11.6. The first kappa shape index (κ1) is 16.8. The molecule has 0 aromatic rings. The lowest BCUT2D eigenvalue weighted by molar-refractivity contribution is -0.141. The predicted octanol–water partition coefficient (Wildman–Crippen LogP) is 1.33. The van der Waals surface area contributed by atoms with E-state index >= 15 is 0 Å². The third kappa shape index (κ3) is 5.81. The number of likely N-dealkylation sites (tertiary alicyclic amines) is 1. The van der Waals surface area contributed by atoms with Crippen molar-refractivity contribution in [1.82, 2.24) is 10.2 Å². The SMILES string of the molecule is CCCC(=O)N1CC(CC(=O)O)CC(NCC(F)F)C1. The molecule has 2 N–H and O–H groups in total. The number of amides is 1. The van der Waals surface area contributed by atoms with Crippen LogP contribution in [0.25, 0.3) is 0 Å². The summed E-state index contributed by atoms with van der Waals surface area (Å²) in [6, 6.07) is -0.261. The summed E-state index contributed by atoms with van der Waals surface area (Å²) in [5.74, 6) is -1.14. The van der Waals surface area contributed by atoms with E-state index in [9.17, 15) is 18.4 Å². The number of nitrogens with zero attached hydrogens (tertiary/aromatic N) is 1. The van der Waals surface area contributed by atoms with E-state index in [-0.39, 0.29) is 24.3 Å². The van der Waals surface area contributed by atoms with Crippen LogP contribution in [-0.4, -0.2) is 54.0 Å². The molecule has 1 aliphatic heterocycles. The van der Waals surface area contributed by atoms with Gasteiger partial charge in [-0.05, 0) is 18.8 Å². The number of rotatable bonds is 7. The van der Waals surface area contributed by atoms with Crippen molar-refractivity contribution in [3.8, 4) is 0 Å². The van der Waals surface area contributed by atoms with Crippen LogP contribution < -0.4 is 5.32 Å². The standard InChI is InChI=1S/C13H22F2N2O3/c1-2-3-12(18)17-7-9(5-13(19)20)4-10(8-17)16-6-11(14)15/h9-11,16H,2-8H2,1H3,(H,19,20). The van der Waals surface area contributed by atoms with Gasteiger partial charge in [0, 0.05) is 32.0 Å². The van der Waals surface area contributed by atoms with Crippen molar-refractivity contribution in [2.45, 2.75) is 45.1 Å². The molecule has 1 aliphatic rings. The minimum absolute atomic E-state index is 0.0357. The van der Waals surface area contributed by atoms with Crippen molar-refractivity contribution in [2.75, 3.05) is 19.6 Å². The van der Waals surface area contributed by atoms with Crippen molar-refractivity contribution in [3.63, 3.8) is 0 Å². The number of piperidine rings is 1. The molecule has 2 atom stereocenters. The van der Waals surface area contributed by atoms with Gasteiger partial charge in [0.1, 0.15) is 0 Å². The van der Waals surface area contributed by atoms with Crippen molar-refractivity contribution in [2.24, 2.45) is 5.92 Å². The Kier molecular flexibility index (Phi) is 6.84. The van der Waals surface area contributed by atoms with Gasteiger partial charge < -0.3 is 15.3 Å². The lowest BCUT2D eigenvalue weighted by atomic mass is 9.91. The topological polar surface area (TPSA) is 69.6 Å². The van der Waals surface area contributed by atoms with Gasteiger partial charge in [0.25, 0.3) is 6.43 Å². The first-order valence-corrected chi connectivity index (χ1v) is 6.93. The highest BCUT2D eigenvalue weighted by molar-refractivity contribution is 5.76. The molecule has 0 saturated carbocycles. The highest BCUT2D eigenvalue weighted by Crippen LogP contribution is 2.21. The van der Waals surface area contributed by atoms with Crippen LogP contribution in [0, 0.1) is 5.92 Å². The molecule has 1 heterocycles. The van der Waals surface area contributed by atoms with Crippen molar-refractivity contribution in [1.29, 1.82) is 0 Å². The molecule has 0 spiro atoms. The quantitative estimate of drug-likeness (QED) is 0.743. The lowest BCUT2D eigenvalue weighted by Crippen LogP contribution is -2.52. The molecular formula is C13H22F2N2O3.